The number of pyridine rings is 1. The van der Waals surface area contributed by atoms with Crippen LogP contribution in [0, 0.1) is 0 Å². The molecule has 0 amide bonds. The van der Waals surface area contributed by atoms with Crippen LogP contribution in [0.25, 0.3) is 11.4 Å². The number of aromatic nitrogens is 5. The highest BCUT2D eigenvalue weighted by molar-refractivity contribution is 5.88. The molecule has 0 saturated heterocycles. The molecule has 0 aliphatic heterocycles. The zero-order valence-corrected chi connectivity index (χ0v) is 6.88. The second-order valence-electron chi connectivity index (χ2n) is 2.50. The van der Waals surface area contributed by atoms with Crippen LogP contribution in [0.4, 0.5) is 0 Å². The van der Waals surface area contributed by atoms with E-state index in [-0.39, 0.29) is 5.56 Å². The van der Waals surface area contributed by atoms with Crippen molar-refractivity contribution in [2.75, 3.05) is 0 Å². The molecule has 0 aliphatic rings. The Morgan fingerprint density at radius 2 is 2.29 bits per heavy atom. The largest absolute Gasteiger partial charge is 0.478 e. The Morgan fingerprint density at radius 1 is 1.43 bits per heavy atom. The normalized spacial score (nSPS) is 10.0. The Bertz CT molecular complexity index is 453. The minimum atomic E-state index is -1.04. The highest BCUT2D eigenvalue weighted by atomic mass is 16.4. The Balaban J connectivity index is 2.46. The van der Waals surface area contributed by atoms with E-state index in [4.69, 9.17) is 5.11 Å². The van der Waals surface area contributed by atoms with Crippen molar-refractivity contribution in [3.63, 3.8) is 0 Å². The first-order valence-corrected chi connectivity index (χ1v) is 3.69. The predicted octanol–water partition coefficient (Wildman–Crippen LogP) is -0.0401. The number of carbonyl (C=O) groups is 1. The molecular weight excluding hydrogens is 186 g/mol. The van der Waals surface area contributed by atoms with Crippen LogP contribution in [0.2, 0.25) is 0 Å². The van der Waals surface area contributed by atoms with Crippen molar-refractivity contribution < 1.29 is 9.90 Å². The molecule has 2 aromatic heterocycles. The van der Waals surface area contributed by atoms with E-state index < -0.39 is 5.97 Å². The van der Waals surface area contributed by atoms with Crippen LogP contribution in [-0.2, 0) is 0 Å². The fraction of sp³-hybridized carbons (Fsp3) is 0. The van der Waals surface area contributed by atoms with Gasteiger partial charge < -0.3 is 5.11 Å². The van der Waals surface area contributed by atoms with E-state index in [9.17, 15) is 4.79 Å². The van der Waals surface area contributed by atoms with Crippen LogP contribution in [-0.4, -0.2) is 36.7 Å². The third-order valence-electron chi connectivity index (χ3n) is 1.59. The van der Waals surface area contributed by atoms with Crippen molar-refractivity contribution in [2.24, 2.45) is 0 Å². The van der Waals surface area contributed by atoms with Crippen LogP contribution in [0.15, 0.2) is 18.5 Å². The van der Waals surface area contributed by atoms with Gasteiger partial charge in [-0.05, 0) is 11.3 Å². The molecule has 0 radical (unpaired) electrons. The number of hydrogen-bond donors (Lipinski definition) is 2. The van der Waals surface area contributed by atoms with Crippen molar-refractivity contribution in [1.29, 1.82) is 0 Å². The third-order valence-corrected chi connectivity index (χ3v) is 1.59. The molecule has 0 aromatic carbocycles. The Hall–Kier alpha value is -2.31. The summed E-state index contributed by atoms with van der Waals surface area (Å²) in [7, 11) is 0. The molecule has 0 unspecified atom stereocenters. The quantitative estimate of drug-likeness (QED) is 0.690. The van der Waals surface area contributed by atoms with Gasteiger partial charge in [0.1, 0.15) is 0 Å². The average molecular weight is 191 g/mol. The zero-order chi connectivity index (χ0) is 9.97. The third kappa shape index (κ3) is 1.42. The zero-order valence-electron chi connectivity index (χ0n) is 6.88. The standard InChI is InChI=1S/C7H5N5O2/c13-7(14)5-1-4(2-8-3-5)6-9-11-12-10-6/h1-3H,(H,13,14)(H,9,10,11,12). The molecular formula is C7H5N5O2. The first-order valence-electron chi connectivity index (χ1n) is 3.69. The summed E-state index contributed by atoms with van der Waals surface area (Å²) >= 11 is 0. The van der Waals surface area contributed by atoms with Crippen molar-refractivity contribution >= 4 is 5.97 Å². The molecule has 7 heteroatoms. The summed E-state index contributed by atoms with van der Waals surface area (Å²) in [6.45, 7) is 0. The van der Waals surface area contributed by atoms with Crippen LogP contribution >= 0.6 is 0 Å². The molecule has 0 bridgehead atoms. The number of nitrogens with one attached hydrogen (secondary N) is 1. The first-order chi connectivity index (χ1) is 6.77. The summed E-state index contributed by atoms with van der Waals surface area (Å²) in [5, 5.41) is 21.7. The maximum atomic E-state index is 10.6. The summed E-state index contributed by atoms with van der Waals surface area (Å²) in [6.07, 6.45) is 2.73. The van der Waals surface area contributed by atoms with Gasteiger partial charge in [-0.25, -0.2) is 4.79 Å². The Kier molecular flexibility index (Phi) is 1.90. The molecule has 0 saturated carbocycles. The molecule has 14 heavy (non-hydrogen) atoms. The van der Waals surface area contributed by atoms with Crippen LogP contribution in [0.5, 0.6) is 0 Å². The number of tetrazole rings is 1. The average Bonchev–Trinajstić information content (AvgIpc) is 2.71. The lowest BCUT2D eigenvalue weighted by Crippen LogP contribution is -1.97. The first kappa shape index (κ1) is 8.30. The van der Waals surface area contributed by atoms with Crippen molar-refractivity contribution in [3.8, 4) is 11.4 Å². The van der Waals surface area contributed by atoms with E-state index in [0.717, 1.165) is 0 Å². The maximum absolute atomic E-state index is 10.6. The van der Waals surface area contributed by atoms with Gasteiger partial charge >= 0.3 is 5.97 Å². The topological polar surface area (TPSA) is 105 Å². The number of hydrogen-bond acceptors (Lipinski definition) is 5. The van der Waals surface area contributed by atoms with Crippen LogP contribution in [0.1, 0.15) is 10.4 Å². The van der Waals surface area contributed by atoms with Gasteiger partial charge in [-0.2, -0.15) is 5.21 Å². The Labute approximate surface area is 77.8 Å². The van der Waals surface area contributed by atoms with Gasteiger partial charge in [-0.1, -0.05) is 0 Å². The molecule has 2 aromatic rings. The van der Waals surface area contributed by atoms with E-state index in [0.29, 0.717) is 11.4 Å². The van der Waals surface area contributed by atoms with Gasteiger partial charge in [0, 0.05) is 18.0 Å². The minimum absolute atomic E-state index is 0.0901. The number of rotatable bonds is 2. The number of aromatic amines is 1. The van der Waals surface area contributed by atoms with Crippen molar-refractivity contribution in [2.45, 2.75) is 0 Å². The summed E-state index contributed by atoms with van der Waals surface area (Å²) in [5.74, 6) is -0.719. The van der Waals surface area contributed by atoms with E-state index in [2.05, 4.69) is 25.6 Å². The molecule has 70 valence electrons. The van der Waals surface area contributed by atoms with Crippen molar-refractivity contribution in [3.05, 3.63) is 24.0 Å². The second-order valence-corrected chi connectivity index (χ2v) is 2.50. The number of carboxylic acid groups (broad SMARTS) is 1. The number of carboxylic acids is 1. The lowest BCUT2D eigenvalue weighted by molar-refractivity contribution is 0.0696. The van der Waals surface area contributed by atoms with E-state index in [1.54, 1.807) is 0 Å². The summed E-state index contributed by atoms with van der Waals surface area (Å²) in [5.41, 5.74) is 0.603. The van der Waals surface area contributed by atoms with Gasteiger partial charge in [0.2, 0.25) is 5.82 Å². The SMILES string of the molecule is O=C(O)c1cncc(-c2nn[nH]n2)c1. The highest BCUT2D eigenvalue weighted by Crippen LogP contribution is 2.12. The maximum Gasteiger partial charge on any atom is 0.337 e. The van der Waals surface area contributed by atoms with Crippen LogP contribution in [0.3, 0.4) is 0 Å². The smallest absolute Gasteiger partial charge is 0.337 e. The molecule has 2 heterocycles. The summed E-state index contributed by atoms with van der Waals surface area (Å²) in [4.78, 5) is 14.4. The molecule has 0 atom stereocenters. The van der Waals surface area contributed by atoms with Gasteiger partial charge in [0.15, 0.2) is 0 Å². The van der Waals surface area contributed by atoms with E-state index in [1.165, 1.54) is 18.5 Å². The van der Waals surface area contributed by atoms with Crippen LogP contribution < -0.4 is 0 Å². The lowest BCUT2D eigenvalue weighted by atomic mass is 10.2. The Morgan fingerprint density at radius 3 is 2.93 bits per heavy atom. The van der Waals surface area contributed by atoms with E-state index in [1.807, 2.05) is 0 Å². The fourth-order valence-electron chi connectivity index (χ4n) is 0.963. The molecule has 0 fully saturated rings. The monoisotopic (exact) mass is 191 g/mol. The highest BCUT2D eigenvalue weighted by Gasteiger charge is 2.07. The van der Waals surface area contributed by atoms with E-state index >= 15 is 0 Å². The fourth-order valence-corrected chi connectivity index (χ4v) is 0.963. The summed E-state index contributed by atoms with van der Waals surface area (Å²) < 4.78 is 0. The predicted molar refractivity (Wildman–Crippen MR) is 44.4 cm³/mol. The molecule has 2 rings (SSSR count). The number of aromatic carboxylic acids is 1. The summed E-state index contributed by atoms with van der Waals surface area (Å²) in [6, 6.07) is 1.43. The van der Waals surface area contributed by atoms with Gasteiger partial charge in [-0.3, -0.25) is 4.98 Å². The molecule has 2 N–H and O–H groups in total. The molecule has 7 nitrogen and oxygen atoms in total. The molecule has 0 aliphatic carbocycles. The van der Waals surface area contributed by atoms with Gasteiger partial charge in [0.05, 0.1) is 5.56 Å². The van der Waals surface area contributed by atoms with Gasteiger partial charge in [0.25, 0.3) is 0 Å². The molecule has 0 spiro atoms. The number of H-pyrrole nitrogens is 1. The number of nitrogens with zero attached hydrogens (tertiary/aromatic N) is 4. The minimum Gasteiger partial charge on any atom is -0.478 e. The van der Waals surface area contributed by atoms with Crippen molar-refractivity contribution in [1.82, 2.24) is 25.6 Å². The second kappa shape index (κ2) is 3.21. The lowest BCUT2D eigenvalue weighted by Gasteiger charge is -1.95. The van der Waals surface area contributed by atoms with Gasteiger partial charge in [-0.15, -0.1) is 10.2 Å².